The Hall–Kier alpha value is -1.30. The summed E-state index contributed by atoms with van der Waals surface area (Å²) in [4.78, 5) is 9.86. The van der Waals surface area contributed by atoms with Crippen LogP contribution in [0.1, 0.15) is 6.92 Å². The van der Waals surface area contributed by atoms with Crippen molar-refractivity contribution < 1.29 is 9.53 Å². The molecule has 0 amide bonds. The maximum Gasteiger partial charge on any atom is 0.286 e. The lowest BCUT2D eigenvalue weighted by Gasteiger charge is -1.90. The predicted octanol–water partition coefficient (Wildman–Crippen LogP) is 0.540. The van der Waals surface area contributed by atoms with Crippen LogP contribution in [0.15, 0.2) is 11.6 Å². The number of carbonyl (C=O) groups excluding carboxylic acids is 1. The summed E-state index contributed by atoms with van der Waals surface area (Å²) in [6, 6.07) is 0. The molecule has 3 heteroatoms. The van der Waals surface area contributed by atoms with Crippen LogP contribution in [-0.2, 0) is 9.53 Å². The molecule has 0 rings (SSSR count). The van der Waals surface area contributed by atoms with Gasteiger partial charge in [-0.05, 0) is 6.92 Å². The highest BCUT2D eigenvalue weighted by atomic mass is 16.5. The fourth-order valence-electron chi connectivity index (χ4n) is 0.282. The summed E-state index contributed by atoms with van der Waals surface area (Å²) in [7, 11) is 0. The molecule has 0 N–H and O–H groups in total. The van der Waals surface area contributed by atoms with E-state index in [1.165, 1.54) is 6.26 Å². The van der Waals surface area contributed by atoms with Gasteiger partial charge in [-0.2, -0.15) is 5.26 Å². The van der Waals surface area contributed by atoms with E-state index in [0.717, 1.165) is 0 Å². The van der Waals surface area contributed by atoms with Crippen LogP contribution >= 0.6 is 0 Å². The van der Waals surface area contributed by atoms with E-state index in [9.17, 15) is 4.79 Å². The van der Waals surface area contributed by atoms with Gasteiger partial charge in [-0.1, -0.05) is 6.08 Å². The second kappa shape index (κ2) is 4.85. The fraction of sp³-hybridized carbons (Fsp3) is 0.333. The van der Waals surface area contributed by atoms with Gasteiger partial charge in [0.15, 0.2) is 0 Å². The Balaban J connectivity index is 3.61. The number of hydrogen-bond acceptors (Lipinski definition) is 3. The summed E-state index contributed by atoms with van der Waals surface area (Å²) in [6.07, 6.45) is 4.61. The molecule has 0 aromatic heterocycles. The van der Waals surface area contributed by atoms with Crippen LogP contribution in [0.4, 0.5) is 0 Å². The number of rotatable bonds is 3. The topological polar surface area (TPSA) is 50.1 Å². The lowest BCUT2D eigenvalue weighted by atomic mass is 10.3. The van der Waals surface area contributed by atoms with Gasteiger partial charge in [0.2, 0.25) is 6.29 Å². The minimum atomic E-state index is 0.0243. The summed E-state index contributed by atoms with van der Waals surface area (Å²) in [5, 5.41) is 7.88. The van der Waals surface area contributed by atoms with E-state index in [4.69, 9.17) is 5.26 Å². The maximum absolute atomic E-state index is 9.86. The Morgan fingerprint density at radius 1 is 1.89 bits per heavy atom. The van der Waals surface area contributed by atoms with Gasteiger partial charge < -0.3 is 4.74 Å². The van der Waals surface area contributed by atoms with E-state index < -0.39 is 0 Å². The largest absolute Gasteiger partial charge is 0.422 e. The van der Waals surface area contributed by atoms with Crippen LogP contribution in [0.5, 0.6) is 0 Å². The maximum atomic E-state index is 9.86. The molecule has 9 heavy (non-hydrogen) atoms. The number of nitriles is 1. The van der Waals surface area contributed by atoms with E-state index in [0.29, 0.717) is 5.57 Å². The molecule has 0 spiro atoms. The van der Waals surface area contributed by atoms with Crippen molar-refractivity contribution in [2.24, 2.45) is 0 Å². The first kappa shape index (κ1) is 7.70. The third-order valence-electron chi connectivity index (χ3n) is 0.772. The first-order chi connectivity index (χ1) is 4.35. The smallest absolute Gasteiger partial charge is 0.286 e. The van der Waals surface area contributed by atoms with Gasteiger partial charge in [0, 0.05) is 5.57 Å². The average molecular weight is 124 g/mol. The molecule has 0 aliphatic rings. The Kier molecular flexibility index (Phi) is 4.15. The quantitative estimate of drug-likeness (QED) is 0.407. The zero-order valence-electron chi connectivity index (χ0n) is 5.05. The molecule has 0 bridgehead atoms. The van der Waals surface area contributed by atoms with Crippen molar-refractivity contribution in [1.82, 2.24) is 0 Å². The molecule has 0 heterocycles. The van der Waals surface area contributed by atoms with Crippen molar-refractivity contribution in [1.29, 1.82) is 5.26 Å². The molecule has 0 aromatic rings. The van der Waals surface area contributed by atoms with Crippen LogP contribution in [0.25, 0.3) is 0 Å². The van der Waals surface area contributed by atoms with Gasteiger partial charge in [0.1, 0.15) is 6.61 Å². The molecule has 0 saturated heterocycles. The van der Waals surface area contributed by atoms with E-state index >= 15 is 0 Å². The highest BCUT2D eigenvalue weighted by Gasteiger charge is 1.92. The monoisotopic (exact) mass is 124 g/mol. The van der Waals surface area contributed by atoms with Gasteiger partial charge >= 0.3 is 0 Å². The number of hydrogen-bond donors (Lipinski definition) is 0. The second-order valence-electron chi connectivity index (χ2n) is 1.30. The Morgan fingerprint density at radius 3 is 2.89 bits per heavy atom. The summed E-state index contributed by atoms with van der Waals surface area (Å²) >= 11 is 0. The molecule has 0 fully saturated rings. The molecule has 1 radical (unpaired) electrons. The predicted molar refractivity (Wildman–Crippen MR) is 31.0 cm³/mol. The molecule has 47 valence electrons. The van der Waals surface area contributed by atoms with Crippen molar-refractivity contribution in [3.63, 3.8) is 0 Å². The minimum absolute atomic E-state index is 0.0243. The van der Waals surface area contributed by atoms with Gasteiger partial charge in [-0.15, -0.1) is 0 Å². The highest BCUT2D eigenvalue weighted by molar-refractivity contribution is 5.73. The first-order valence-electron chi connectivity index (χ1n) is 2.39. The van der Waals surface area contributed by atoms with Crippen molar-refractivity contribution >= 4 is 6.29 Å². The number of nitrogens with zero attached hydrogens (tertiary/aromatic N) is 1. The van der Waals surface area contributed by atoms with Crippen LogP contribution in [0.3, 0.4) is 0 Å². The van der Waals surface area contributed by atoms with Crippen molar-refractivity contribution in [3.8, 4) is 6.26 Å². The highest BCUT2D eigenvalue weighted by Crippen LogP contribution is 1.88. The van der Waals surface area contributed by atoms with Crippen LogP contribution in [-0.4, -0.2) is 12.9 Å². The minimum Gasteiger partial charge on any atom is -0.422 e. The Bertz CT molecular complexity index is 155. The van der Waals surface area contributed by atoms with E-state index in [1.807, 2.05) is 0 Å². The molecule has 0 atom stereocenters. The lowest BCUT2D eigenvalue weighted by molar-refractivity contribution is 0.306. The molecule has 0 unspecified atom stereocenters. The second-order valence-corrected chi connectivity index (χ2v) is 1.30. The molecular formula is C6H6NO2. The summed E-state index contributed by atoms with van der Waals surface area (Å²) in [5.74, 6) is 0. The SMILES string of the molecule is CC=C([C]=O)COC#N. The fourth-order valence-corrected chi connectivity index (χ4v) is 0.282. The van der Waals surface area contributed by atoms with Crippen LogP contribution in [0.2, 0.25) is 0 Å². The molecule has 0 aliphatic carbocycles. The Labute approximate surface area is 53.5 Å². The Morgan fingerprint density at radius 2 is 2.56 bits per heavy atom. The zero-order chi connectivity index (χ0) is 7.11. The standard InChI is InChI=1S/C6H6NO2/c1-2-6(3-8)4-9-5-7/h2H,4H2,1H3. The van der Waals surface area contributed by atoms with Crippen molar-refractivity contribution in [2.75, 3.05) is 6.61 Å². The van der Waals surface area contributed by atoms with Crippen molar-refractivity contribution in [3.05, 3.63) is 11.6 Å². The molecule has 0 saturated carbocycles. The average Bonchev–Trinajstić information content (AvgIpc) is 1.91. The van der Waals surface area contributed by atoms with E-state index in [-0.39, 0.29) is 6.61 Å². The third kappa shape index (κ3) is 3.30. The van der Waals surface area contributed by atoms with Gasteiger partial charge in [-0.25, -0.2) is 0 Å². The van der Waals surface area contributed by atoms with E-state index in [2.05, 4.69) is 4.74 Å². The van der Waals surface area contributed by atoms with Crippen LogP contribution < -0.4 is 0 Å². The third-order valence-corrected chi connectivity index (χ3v) is 0.772. The van der Waals surface area contributed by atoms with E-state index in [1.54, 1.807) is 19.3 Å². The number of ether oxygens (including phenoxy) is 1. The normalized spacial score (nSPS) is 10.0. The molecule has 0 aliphatic heterocycles. The lowest BCUT2D eigenvalue weighted by Crippen LogP contribution is -1.93. The first-order valence-corrected chi connectivity index (χ1v) is 2.39. The van der Waals surface area contributed by atoms with Crippen molar-refractivity contribution in [2.45, 2.75) is 6.92 Å². The summed E-state index contributed by atoms with van der Waals surface area (Å²) < 4.78 is 4.25. The molecule has 3 nitrogen and oxygen atoms in total. The number of allylic oxidation sites excluding steroid dienone is 1. The van der Waals surface area contributed by atoms with Gasteiger partial charge in [0.25, 0.3) is 6.26 Å². The van der Waals surface area contributed by atoms with Gasteiger partial charge in [0.05, 0.1) is 0 Å². The van der Waals surface area contributed by atoms with Gasteiger partial charge in [-0.3, -0.25) is 4.79 Å². The zero-order valence-corrected chi connectivity index (χ0v) is 5.05. The molecule has 0 aromatic carbocycles. The summed E-state index contributed by atoms with van der Waals surface area (Å²) in [5.41, 5.74) is 0.358. The summed E-state index contributed by atoms with van der Waals surface area (Å²) in [6.45, 7) is 1.71. The molecular weight excluding hydrogens is 118 g/mol. The van der Waals surface area contributed by atoms with Crippen LogP contribution in [0, 0.1) is 11.5 Å².